The van der Waals surface area contributed by atoms with Crippen molar-refractivity contribution >= 4 is 11.8 Å². The molecule has 1 aromatic rings. The van der Waals surface area contributed by atoms with Gasteiger partial charge >= 0.3 is 0 Å². The van der Waals surface area contributed by atoms with E-state index in [1.807, 2.05) is 0 Å². The topological polar surface area (TPSA) is 35.8 Å². The van der Waals surface area contributed by atoms with E-state index in [1.165, 1.54) is 23.3 Å². The Bertz CT molecular complexity index is 390. The number of hydrogen-bond donors (Lipinski definition) is 1. The van der Waals surface area contributed by atoms with E-state index in [9.17, 15) is 0 Å². The van der Waals surface area contributed by atoms with Crippen molar-refractivity contribution in [3.8, 4) is 6.07 Å². The maximum Gasteiger partial charge on any atom is 0.0961 e. The lowest BCUT2D eigenvalue weighted by atomic mass is 10.2. The van der Waals surface area contributed by atoms with Crippen molar-refractivity contribution in [2.24, 2.45) is 0 Å². The minimum absolute atomic E-state index is 0.0745. The predicted molar refractivity (Wildman–Crippen MR) is 71.9 cm³/mol. The third-order valence-corrected chi connectivity index (χ3v) is 4.16. The maximum atomic E-state index is 8.91. The van der Waals surface area contributed by atoms with Gasteiger partial charge in [0.25, 0.3) is 0 Å². The fourth-order valence-corrected chi connectivity index (χ4v) is 2.44. The predicted octanol–water partition coefficient (Wildman–Crippen LogP) is 3.33. The number of nitrogens with one attached hydrogen (secondary N) is 1. The van der Waals surface area contributed by atoms with Crippen LogP contribution in [-0.2, 0) is 6.54 Å². The zero-order chi connectivity index (χ0) is 12.1. The van der Waals surface area contributed by atoms with Crippen LogP contribution in [0.3, 0.4) is 0 Å². The number of nitriles is 1. The highest BCUT2D eigenvalue weighted by Crippen LogP contribution is 2.25. The van der Waals surface area contributed by atoms with Crippen LogP contribution in [0.4, 0.5) is 0 Å². The molecule has 0 radical (unpaired) electrons. The van der Waals surface area contributed by atoms with Crippen molar-refractivity contribution < 1.29 is 0 Å². The van der Waals surface area contributed by atoms with E-state index in [0.29, 0.717) is 0 Å². The first-order chi connectivity index (χ1) is 8.31. The van der Waals surface area contributed by atoms with Gasteiger partial charge in [-0.1, -0.05) is 19.1 Å². The summed E-state index contributed by atoms with van der Waals surface area (Å²) in [4.78, 5) is 1.19. The van der Waals surface area contributed by atoms with Gasteiger partial charge in [-0.2, -0.15) is 5.26 Å². The van der Waals surface area contributed by atoms with Crippen molar-refractivity contribution in [2.45, 2.75) is 48.9 Å². The molecule has 1 aliphatic rings. The Kier molecular flexibility index (Phi) is 4.47. The summed E-state index contributed by atoms with van der Waals surface area (Å²) >= 11 is 1.65. The Labute approximate surface area is 107 Å². The van der Waals surface area contributed by atoms with Crippen LogP contribution in [0.15, 0.2) is 29.2 Å². The van der Waals surface area contributed by atoms with Crippen LogP contribution >= 0.6 is 11.8 Å². The van der Waals surface area contributed by atoms with Crippen LogP contribution in [0.1, 0.15) is 31.7 Å². The molecule has 0 amide bonds. The van der Waals surface area contributed by atoms with Crippen molar-refractivity contribution in [2.75, 3.05) is 0 Å². The van der Waals surface area contributed by atoms with Crippen molar-refractivity contribution in [3.63, 3.8) is 0 Å². The van der Waals surface area contributed by atoms with Gasteiger partial charge in [0.05, 0.1) is 11.3 Å². The lowest BCUT2D eigenvalue weighted by Gasteiger charge is -2.07. The normalized spacial score (nSPS) is 16.5. The summed E-state index contributed by atoms with van der Waals surface area (Å²) in [5.41, 5.74) is 1.33. The van der Waals surface area contributed by atoms with E-state index in [4.69, 9.17) is 5.26 Å². The number of hydrogen-bond acceptors (Lipinski definition) is 3. The Morgan fingerprint density at radius 1 is 1.41 bits per heavy atom. The van der Waals surface area contributed by atoms with Crippen LogP contribution in [0.2, 0.25) is 0 Å². The zero-order valence-corrected chi connectivity index (χ0v) is 11.0. The summed E-state index contributed by atoms with van der Waals surface area (Å²) in [6, 6.07) is 11.6. The third-order valence-electron chi connectivity index (χ3n) is 2.89. The van der Waals surface area contributed by atoms with Crippen LogP contribution in [-0.4, -0.2) is 11.3 Å². The van der Waals surface area contributed by atoms with E-state index in [1.54, 1.807) is 11.8 Å². The van der Waals surface area contributed by atoms with Gasteiger partial charge in [-0.25, -0.2) is 0 Å². The van der Waals surface area contributed by atoms with Gasteiger partial charge in [-0.3, -0.25) is 0 Å². The summed E-state index contributed by atoms with van der Waals surface area (Å²) in [5.74, 6) is 0. The second-order valence-electron chi connectivity index (χ2n) is 4.44. The lowest BCUT2D eigenvalue weighted by Crippen LogP contribution is -2.15. The summed E-state index contributed by atoms with van der Waals surface area (Å²) in [6.07, 6.45) is 3.55. The quantitative estimate of drug-likeness (QED) is 0.782. The third kappa shape index (κ3) is 4.07. The molecule has 2 rings (SSSR count). The molecule has 0 aromatic heterocycles. The fourth-order valence-electron chi connectivity index (χ4n) is 1.60. The smallest absolute Gasteiger partial charge is 0.0961 e. The van der Waals surface area contributed by atoms with Crippen LogP contribution in [0, 0.1) is 11.3 Å². The first kappa shape index (κ1) is 12.5. The molecule has 0 spiro atoms. The largest absolute Gasteiger partial charge is 0.310 e. The molecular formula is C14H18N2S. The van der Waals surface area contributed by atoms with Gasteiger partial charge in [0.1, 0.15) is 0 Å². The fraction of sp³-hybridized carbons (Fsp3) is 0.500. The highest BCUT2D eigenvalue weighted by molar-refractivity contribution is 8.00. The van der Waals surface area contributed by atoms with Crippen LogP contribution in [0.5, 0.6) is 0 Å². The average molecular weight is 246 g/mol. The summed E-state index contributed by atoms with van der Waals surface area (Å²) in [5, 5.41) is 12.5. The molecule has 1 aliphatic carbocycles. The number of rotatable bonds is 6. The SMILES string of the molecule is CCC(C#N)Sc1ccc(CNC2CC2)cc1. The first-order valence-corrected chi connectivity index (χ1v) is 7.08. The van der Waals surface area contributed by atoms with E-state index in [-0.39, 0.29) is 5.25 Å². The number of benzene rings is 1. The standard InChI is InChI=1S/C14H18N2S/c1-2-13(9-15)17-14-7-3-11(4-8-14)10-16-12-5-6-12/h3-4,7-8,12-13,16H,2,5-6,10H2,1H3. The first-order valence-electron chi connectivity index (χ1n) is 6.20. The van der Waals surface area contributed by atoms with Crippen LogP contribution < -0.4 is 5.32 Å². The Morgan fingerprint density at radius 3 is 2.65 bits per heavy atom. The molecule has 1 fully saturated rings. The van der Waals surface area contributed by atoms with Gasteiger partial charge < -0.3 is 5.32 Å². The average Bonchev–Trinajstić information content (AvgIpc) is 3.19. The van der Waals surface area contributed by atoms with Crippen molar-refractivity contribution in [1.82, 2.24) is 5.32 Å². The Morgan fingerprint density at radius 2 is 2.12 bits per heavy atom. The maximum absolute atomic E-state index is 8.91. The van der Waals surface area contributed by atoms with E-state index < -0.39 is 0 Å². The molecule has 1 aromatic carbocycles. The Balaban J connectivity index is 1.85. The molecule has 1 atom stereocenters. The van der Waals surface area contributed by atoms with Gasteiger partial charge in [0.2, 0.25) is 0 Å². The minimum Gasteiger partial charge on any atom is -0.310 e. The molecule has 3 heteroatoms. The van der Waals surface area contributed by atoms with E-state index in [0.717, 1.165) is 19.0 Å². The van der Waals surface area contributed by atoms with Crippen molar-refractivity contribution in [1.29, 1.82) is 5.26 Å². The summed E-state index contributed by atoms with van der Waals surface area (Å²) < 4.78 is 0. The molecule has 1 N–H and O–H groups in total. The Hall–Kier alpha value is -0.980. The number of nitrogens with zero attached hydrogens (tertiary/aromatic N) is 1. The molecule has 1 saturated carbocycles. The highest BCUT2D eigenvalue weighted by atomic mass is 32.2. The van der Waals surface area contributed by atoms with E-state index in [2.05, 4.69) is 42.6 Å². The molecule has 0 aliphatic heterocycles. The van der Waals surface area contributed by atoms with Crippen LogP contribution in [0.25, 0.3) is 0 Å². The molecule has 17 heavy (non-hydrogen) atoms. The molecular weight excluding hydrogens is 228 g/mol. The van der Waals surface area contributed by atoms with Crippen molar-refractivity contribution in [3.05, 3.63) is 29.8 Å². The zero-order valence-electron chi connectivity index (χ0n) is 10.1. The molecule has 90 valence electrons. The second-order valence-corrected chi connectivity index (χ2v) is 5.72. The summed E-state index contributed by atoms with van der Waals surface area (Å²) in [6.45, 7) is 3.01. The molecule has 0 saturated heterocycles. The molecule has 2 nitrogen and oxygen atoms in total. The molecule has 1 unspecified atom stereocenters. The second kappa shape index (κ2) is 6.09. The minimum atomic E-state index is 0.0745. The highest BCUT2D eigenvalue weighted by Gasteiger charge is 2.19. The van der Waals surface area contributed by atoms with Gasteiger partial charge in [0.15, 0.2) is 0 Å². The molecule has 0 bridgehead atoms. The molecule has 0 heterocycles. The monoisotopic (exact) mass is 246 g/mol. The lowest BCUT2D eigenvalue weighted by molar-refractivity contribution is 0.687. The van der Waals surface area contributed by atoms with Gasteiger partial charge in [0, 0.05) is 17.5 Å². The van der Waals surface area contributed by atoms with Gasteiger partial charge in [-0.15, -0.1) is 11.8 Å². The number of thioether (sulfide) groups is 1. The summed E-state index contributed by atoms with van der Waals surface area (Å²) in [7, 11) is 0. The van der Waals surface area contributed by atoms with Gasteiger partial charge in [-0.05, 0) is 37.0 Å². The van der Waals surface area contributed by atoms with E-state index >= 15 is 0 Å².